The molecule has 3 heteroatoms. The fraction of sp³-hybridized carbons (Fsp3) is 0.471. The first kappa shape index (κ1) is 13.5. The number of nitrogens with zero attached hydrogens (tertiary/aromatic N) is 2. The van der Waals surface area contributed by atoms with E-state index in [1.54, 1.807) is 0 Å². The Hall–Kier alpha value is -1.45. The fourth-order valence-corrected chi connectivity index (χ4v) is 3.27. The Morgan fingerprint density at radius 2 is 2.25 bits per heavy atom. The molecule has 1 aromatic carbocycles. The molecular formula is C17H23N3. The molecule has 2 unspecified atom stereocenters. The summed E-state index contributed by atoms with van der Waals surface area (Å²) in [5.41, 5.74) is 8.58. The lowest BCUT2D eigenvalue weighted by molar-refractivity contribution is 0.123. The van der Waals surface area contributed by atoms with E-state index >= 15 is 0 Å². The monoisotopic (exact) mass is 269 g/mol. The summed E-state index contributed by atoms with van der Waals surface area (Å²) in [5.74, 6) is 0. The Balaban J connectivity index is 1.80. The highest BCUT2D eigenvalue weighted by atomic mass is 15.2. The molecule has 1 aromatic heterocycles. The van der Waals surface area contributed by atoms with E-state index in [4.69, 9.17) is 5.73 Å². The van der Waals surface area contributed by atoms with Crippen molar-refractivity contribution in [2.24, 2.45) is 5.73 Å². The highest BCUT2D eigenvalue weighted by Crippen LogP contribution is 2.22. The average molecular weight is 269 g/mol. The molecule has 1 saturated heterocycles. The van der Waals surface area contributed by atoms with Crippen LogP contribution in [0.2, 0.25) is 0 Å². The van der Waals surface area contributed by atoms with Gasteiger partial charge in [-0.25, -0.2) is 0 Å². The number of benzene rings is 1. The van der Waals surface area contributed by atoms with Gasteiger partial charge in [0, 0.05) is 30.2 Å². The van der Waals surface area contributed by atoms with Crippen molar-refractivity contribution in [2.75, 3.05) is 6.54 Å². The van der Waals surface area contributed by atoms with Crippen molar-refractivity contribution in [3.05, 3.63) is 42.1 Å². The van der Waals surface area contributed by atoms with Gasteiger partial charge in [-0.3, -0.25) is 9.88 Å². The lowest BCUT2D eigenvalue weighted by Crippen LogP contribution is -2.48. The number of fused-ring (bicyclic) bond motifs is 1. The van der Waals surface area contributed by atoms with E-state index in [2.05, 4.69) is 41.1 Å². The predicted octanol–water partition coefficient (Wildman–Crippen LogP) is 2.94. The molecule has 1 fully saturated rings. The molecule has 106 valence electrons. The van der Waals surface area contributed by atoms with Crippen molar-refractivity contribution in [3.8, 4) is 0 Å². The molecule has 1 aliphatic heterocycles. The molecule has 20 heavy (non-hydrogen) atoms. The Morgan fingerprint density at radius 1 is 1.35 bits per heavy atom. The third-order valence-electron chi connectivity index (χ3n) is 4.32. The molecule has 0 amide bonds. The van der Waals surface area contributed by atoms with Gasteiger partial charge in [-0.2, -0.15) is 0 Å². The van der Waals surface area contributed by atoms with Crippen LogP contribution >= 0.6 is 0 Å². The van der Waals surface area contributed by atoms with Gasteiger partial charge in [0.15, 0.2) is 0 Å². The van der Waals surface area contributed by atoms with Crippen molar-refractivity contribution in [1.82, 2.24) is 9.88 Å². The van der Waals surface area contributed by atoms with E-state index in [0.717, 1.165) is 18.6 Å². The van der Waals surface area contributed by atoms with E-state index < -0.39 is 0 Å². The van der Waals surface area contributed by atoms with Crippen LogP contribution in [0.15, 0.2) is 36.5 Å². The minimum absolute atomic E-state index is 0.248. The molecule has 3 rings (SSSR count). The molecule has 0 saturated carbocycles. The van der Waals surface area contributed by atoms with Crippen LogP contribution in [0, 0.1) is 0 Å². The van der Waals surface area contributed by atoms with Crippen LogP contribution < -0.4 is 5.73 Å². The molecular weight excluding hydrogens is 246 g/mol. The van der Waals surface area contributed by atoms with Crippen molar-refractivity contribution >= 4 is 10.9 Å². The van der Waals surface area contributed by atoms with Crippen LogP contribution in [-0.2, 0) is 6.54 Å². The van der Waals surface area contributed by atoms with Crippen LogP contribution in [0.25, 0.3) is 10.9 Å². The summed E-state index contributed by atoms with van der Waals surface area (Å²) in [5, 5.41) is 1.22. The van der Waals surface area contributed by atoms with Crippen LogP contribution in [0.4, 0.5) is 0 Å². The predicted molar refractivity (Wildman–Crippen MR) is 83.4 cm³/mol. The molecule has 2 atom stereocenters. The van der Waals surface area contributed by atoms with E-state index in [1.165, 1.54) is 30.2 Å². The van der Waals surface area contributed by atoms with Gasteiger partial charge >= 0.3 is 0 Å². The summed E-state index contributed by atoms with van der Waals surface area (Å²) < 4.78 is 0. The maximum Gasteiger partial charge on any atom is 0.0702 e. The van der Waals surface area contributed by atoms with Gasteiger partial charge < -0.3 is 5.73 Å². The van der Waals surface area contributed by atoms with E-state index in [1.807, 2.05) is 12.3 Å². The summed E-state index contributed by atoms with van der Waals surface area (Å²) in [4.78, 5) is 6.93. The standard InChI is InChI=1S/C17H23N3/c1-13(18)17-6-2-3-10-20(17)12-14-7-8-16-15(11-14)5-4-9-19-16/h4-5,7-9,11,13,17H,2-3,6,10,12,18H2,1H3. The van der Waals surface area contributed by atoms with Gasteiger partial charge in [-0.1, -0.05) is 18.6 Å². The second-order valence-electron chi connectivity index (χ2n) is 5.92. The second-order valence-corrected chi connectivity index (χ2v) is 5.92. The third kappa shape index (κ3) is 2.84. The largest absolute Gasteiger partial charge is 0.327 e. The topological polar surface area (TPSA) is 42.1 Å². The zero-order valence-corrected chi connectivity index (χ0v) is 12.1. The first-order chi connectivity index (χ1) is 9.74. The van der Waals surface area contributed by atoms with Crippen LogP contribution in [0.5, 0.6) is 0 Å². The normalized spacial score (nSPS) is 22.0. The van der Waals surface area contributed by atoms with Crippen LogP contribution in [0.3, 0.4) is 0 Å². The summed E-state index contributed by atoms with van der Waals surface area (Å²) >= 11 is 0. The number of rotatable bonds is 3. The minimum Gasteiger partial charge on any atom is -0.327 e. The molecule has 3 nitrogen and oxygen atoms in total. The number of likely N-dealkylation sites (tertiary alicyclic amines) is 1. The molecule has 0 bridgehead atoms. The third-order valence-corrected chi connectivity index (χ3v) is 4.32. The number of hydrogen-bond acceptors (Lipinski definition) is 3. The zero-order chi connectivity index (χ0) is 13.9. The van der Waals surface area contributed by atoms with Crippen molar-refractivity contribution in [1.29, 1.82) is 0 Å². The van der Waals surface area contributed by atoms with E-state index in [-0.39, 0.29) is 6.04 Å². The van der Waals surface area contributed by atoms with Crippen molar-refractivity contribution in [3.63, 3.8) is 0 Å². The number of piperidine rings is 1. The highest BCUT2D eigenvalue weighted by Gasteiger charge is 2.25. The second kappa shape index (κ2) is 5.90. The Labute approximate surface area is 120 Å². The molecule has 0 aliphatic carbocycles. The molecule has 2 heterocycles. The van der Waals surface area contributed by atoms with E-state index in [9.17, 15) is 0 Å². The minimum atomic E-state index is 0.248. The molecule has 0 spiro atoms. The Bertz CT molecular complexity index is 579. The first-order valence-electron chi connectivity index (χ1n) is 7.57. The molecule has 2 N–H and O–H groups in total. The SMILES string of the molecule is CC(N)C1CCCCN1Cc1ccc2ncccc2c1. The zero-order valence-electron chi connectivity index (χ0n) is 12.1. The number of aromatic nitrogens is 1. The molecule has 0 radical (unpaired) electrons. The fourth-order valence-electron chi connectivity index (χ4n) is 3.27. The summed E-state index contributed by atoms with van der Waals surface area (Å²) in [6.07, 6.45) is 5.67. The summed E-state index contributed by atoms with van der Waals surface area (Å²) in [6.45, 7) is 4.29. The summed E-state index contributed by atoms with van der Waals surface area (Å²) in [6, 6.07) is 11.5. The molecule has 1 aliphatic rings. The lowest BCUT2D eigenvalue weighted by atomic mass is 9.96. The highest BCUT2D eigenvalue weighted by molar-refractivity contribution is 5.78. The number of nitrogens with two attached hydrogens (primary N) is 1. The van der Waals surface area contributed by atoms with Crippen LogP contribution in [0.1, 0.15) is 31.7 Å². The Morgan fingerprint density at radius 3 is 3.10 bits per heavy atom. The van der Waals surface area contributed by atoms with Crippen LogP contribution in [-0.4, -0.2) is 28.5 Å². The molecule has 2 aromatic rings. The van der Waals surface area contributed by atoms with Gasteiger partial charge in [-0.15, -0.1) is 0 Å². The van der Waals surface area contributed by atoms with Gasteiger partial charge in [0.25, 0.3) is 0 Å². The summed E-state index contributed by atoms with van der Waals surface area (Å²) in [7, 11) is 0. The number of hydrogen-bond donors (Lipinski definition) is 1. The first-order valence-corrected chi connectivity index (χ1v) is 7.57. The van der Waals surface area contributed by atoms with Crippen molar-refractivity contribution < 1.29 is 0 Å². The van der Waals surface area contributed by atoms with E-state index in [0.29, 0.717) is 6.04 Å². The van der Waals surface area contributed by atoms with Gasteiger partial charge in [0.1, 0.15) is 0 Å². The smallest absolute Gasteiger partial charge is 0.0702 e. The quantitative estimate of drug-likeness (QED) is 0.931. The lowest BCUT2D eigenvalue weighted by Gasteiger charge is -2.38. The van der Waals surface area contributed by atoms with Gasteiger partial charge in [0.05, 0.1) is 5.52 Å². The van der Waals surface area contributed by atoms with Gasteiger partial charge in [0.2, 0.25) is 0 Å². The van der Waals surface area contributed by atoms with Gasteiger partial charge in [-0.05, 0) is 50.1 Å². The average Bonchev–Trinajstić information content (AvgIpc) is 2.47. The number of pyridine rings is 1. The van der Waals surface area contributed by atoms with Crippen molar-refractivity contribution in [2.45, 2.75) is 44.8 Å². The maximum absolute atomic E-state index is 6.15. The Kier molecular flexibility index (Phi) is 3.99. The maximum atomic E-state index is 6.15.